The van der Waals surface area contributed by atoms with Crippen LogP contribution in [0.25, 0.3) is 0 Å². The smallest absolute Gasteiger partial charge is 0.0426 e. The molecule has 2 heteroatoms. The van der Waals surface area contributed by atoms with Gasteiger partial charge < -0.3 is 5.73 Å². The number of terminal acetylenes is 1. The number of nitrogen functional groups attached to an aromatic ring is 1. The summed E-state index contributed by atoms with van der Waals surface area (Å²) in [7, 11) is 0. The second-order valence-electron chi connectivity index (χ2n) is 2.11. The Kier molecular flexibility index (Phi) is 5.95. The molecule has 1 rings (SSSR count). The molecule has 1 aromatic carbocycles. The molecule has 0 aliphatic carbocycles. The first-order valence-corrected chi connectivity index (χ1v) is 4.03. The lowest BCUT2D eigenvalue weighted by molar-refractivity contribution is 1.28. The fourth-order valence-electron chi connectivity index (χ4n) is 0.507. The van der Waals surface area contributed by atoms with Crippen LogP contribution in [-0.4, -0.2) is 0 Å². The second-order valence-corrected chi connectivity index (χ2v) is 2.55. The van der Waals surface area contributed by atoms with Gasteiger partial charge in [-0.3, -0.25) is 0 Å². The predicted molar refractivity (Wildman–Crippen MR) is 55.0 cm³/mol. The van der Waals surface area contributed by atoms with E-state index < -0.39 is 0 Å². The van der Waals surface area contributed by atoms with Crippen LogP contribution in [0.3, 0.4) is 0 Å². The fraction of sp³-hybridized carbons (Fsp3) is 0.200. The van der Waals surface area contributed by atoms with E-state index in [-0.39, 0.29) is 0 Å². The summed E-state index contributed by atoms with van der Waals surface area (Å²) in [5.41, 5.74) is 6.08. The summed E-state index contributed by atoms with van der Waals surface area (Å²) in [6.07, 6.45) is 5.62. The van der Waals surface area contributed by atoms with E-state index in [0.29, 0.717) is 10.7 Å². The van der Waals surface area contributed by atoms with Gasteiger partial charge in [0.1, 0.15) is 0 Å². The molecule has 1 nitrogen and oxygen atoms in total. The van der Waals surface area contributed by atoms with Crippen molar-refractivity contribution in [2.24, 2.45) is 0 Å². The third kappa shape index (κ3) is 5.64. The maximum Gasteiger partial charge on any atom is 0.0426 e. The third-order valence-electron chi connectivity index (χ3n) is 1.05. The van der Waals surface area contributed by atoms with Crippen molar-refractivity contribution in [1.29, 1.82) is 0 Å². The Labute approximate surface area is 78.5 Å². The Morgan fingerprint density at radius 2 is 2.17 bits per heavy atom. The molecule has 0 radical (unpaired) electrons. The molecule has 0 atom stereocenters. The van der Waals surface area contributed by atoms with Crippen molar-refractivity contribution in [2.45, 2.75) is 13.3 Å². The Hall–Kier alpha value is -1.13. The molecule has 0 heterocycles. The lowest BCUT2D eigenvalue weighted by Crippen LogP contribution is -1.80. The topological polar surface area (TPSA) is 26.0 Å². The quantitative estimate of drug-likeness (QED) is 0.484. The number of benzene rings is 1. The highest BCUT2D eigenvalue weighted by molar-refractivity contribution is 6.30. The van der Waals surface area contributed by atoms with Gasteiger partial charge in [0.05, 0.1) is 0 Å². The van der Waals surface area contributed by atoms with Crippen LogP contribution in [0.5, 0.6) is 0 Å². The molecule has 0 saturated carbocycles. The molecule has 12 heavy (non-hydrogen) atoms. The minimum atomic E-state index is 0.685. The van der Waals surface area contributed by atoms with Crippen LogP contribution in [-0.2, 0) is 0 Å². The van der Waals surface area contributed by atoms with E-state index in [0.717, 1.165) is 6.42 Å². The van der Waals surface area contributed by atoms with Gasteiger partial charge in [-0.05, 0) is 18.2 Å². The van der Waals surface area contributed by atoms with Crippen LogP contribution in [0, 0.1) is 12.3 Å². The Morgan fingerprint density at radius 1 is 1.58 bits per heavy atom. The fourth-order valence-corrected chi connectivity index (χ4v) is 0.705. The highest BCUT2D eigenvalue weighted by Gasteiger charge is 1.83. The normalized spacial score (nSPS) is 7.75. The second kappa shape index (κ2) is 6.57. The van der Waals surface area contributed by atoms with E-state index >= 15 is 0 Å². The summed E-state index contributed by atoms with van der Waals surface area (Å²) in [5.74, 6) is 2.43. The first-order chi connectivity index (χ1) is 5.70. The van der Waals surface area contributed by atoms with Gasteiger partial charge in [0.15, 0.2) is 0 Å². The number of anilines is 1. The number of halogens is 1. The molecule has 64 valence electrons. The minimum absolute atomic E-state index is 0.685. The minimum Gasteiger partial charge on any atom is -0.399 e. The van der Waals surface area contributed by atoms with Crippen LogP contribution in [0.15, 0.2) is 24.3 Å². The maximum atomic E-state index is 5.56. The molecular weight excluding hydrogens is 170 g/mol. The van der Waals surface area contributed by atoms with Gasteiger partial charge in [-0.2, -0.15) is 0 Å². The summed E-state index contributed by atoms with van der Waals surface area (Å²) < 4.78 is 0. The highest BCUT2D eigenvalue weighted by Crippen LogP contribution is 2.10. The first-order valence-electron chi connectivity index (χ1n) is 3.65. The molecule has 0 bridgehead atoms. The molecule has 0 fully saturated rings. The van der Waals surface area contributed by atoms with Gasteiger partial charge in [-0.1, -0.05) is 24.6 Å². The van der Waals surface area contributed by atoms with E-state index in [2.05, 4.69) is 5.92 Å². The van der Waals surface area contributed by atoms with E-state index in [1.165, 1.54) is 0 Å². The van der Waals surface area contributed by atoms with Crippen LogP contribution in [0.2, 0.25) is 5.02 Å². The number of hydrogen-bond acceptors (Lipinski definition) is 1. The van der Waals surface area contributed by atoms with Crippen molar-refractivity contribution in [3.8, 4) is 12.3 Å². The number of nitrogens with two attached hydrogens (primary N) is 1. The zero-order valence-electron chi connectivity index (χ0n) is 7.05. The summed E-state index contributed by atoms with van der Waals surface area (Å²) in [5, 5.41) is 0.685. The molecule has 0 aliphatic rings. The molecule has 0 spiro atoms. The van der Waals surface area contributed by atoms with E-state index in [1.807, 2.05) is 13.0 Å². The molecule has 0 amide bonds. The summed E-state index contributed by atoms with van der Waals surface area (Å²) >= 11 is 5.56. The first kappa shape index (κ1) is 10.9. The Balaban J connectivity index is 0.000000261. The van der Waals surface area contributed by atoms with E-state index in [9.17, 15) is 0 Å². The van der Waals surface area contributed by atoms with Crippen molar-refractivity contribution < 1.29 is 0 Å². The highest BCUT2D eigenvalue weighted by atomic mass is 35.5. The van der Waals surface area contributed by atoms with Gasteiger partial charge >= 0.3 is 0 Å². The largest absolute Gasteiger partial charge is 0.399 e. The average Bonchev–Trinajstić information content (AvgIpc) is 2.04. The zero-order valence-corrected chi connectivity index (χ0v) is 7.81. The van der Waals surface area contributed by atoms with Crippen molar-refractivity contribution in [3.05, 3.63) is 29.3 Å². The molecule has 2 N–H and O–H groups in total. The number of hydrogen-bond donors (Lipinski definition) is 1. The summed E-state index contributed by atoms with van der Waals surface area (Å²) in [4.78, 5) is 0. The predicted octanol–water partition coefficient (Wildman–Crippen LogP) is 2.95. The van der Waals surface area contributed by atoms with Crippen LogP contribution >= 0.6 is 11.6 Å². The molecule has 1 aromatic rings. The van der Waals surface area contributed by atoms with Crippen molar-refractivity contribution in [2.75, 3.05) is 5.73 Å². The maximum absolute atomic E-state index is 5.56. The van der Waals surface area contributed by atoms with Crippen LogP contribution in [0.1, 0.15) is 13.3 Å². The number of rotatable bonds is 0. The lowest BCUT2D eigenvalue weighted by Gasteiger charge is -1.89. The van der Waals surface area contributed by atoms with Gasteiger partial charge in [-0.25, -0.2) is 0 Å². The van der Waals surface area contributed by atoms with Gasteiger partial charge in [-0.15, -0.1) is 12.3 Å². The molecule has 0 aliphatic heterocycles. The summed E-state index contributed by atoms with van der Waals surface area (Å²) in [6.45, 7) is 1.94. The van der Waals surface area contributed by atoms with Crippen LogP contribution < -0.4 is 5.73 Å². The summed E-state index contributed by atoms with van der Waals surface area (Å²) in [6, 6.07) is 7.11. The SMILES string of the molecule is C#CCC.Nc1cccc(Cl)c1. The molecule has 0 aromatic heterocycles. The van der Waals surface area contributed by atoms with Gasteiger partial charge in [0.2, 0.25) is 0 Å². The molecule has 0 saturated heterocycles. The van der Waals surface area contributed by atoms with Gasteiger partial charge in [0.25, 0.3) is 0 Å². The zero-order chi connectivity index (χ0) is 9.40. The van der Waals surface area contributed by atoms with E-state index in [4.69, 9.17) is 23.8 Å². The lowest BCUT2D eigenvalue weighted by atomic mass is 10.3. The molecular formula is C10H12ClN. The monoisotopic (exact) mass is 181 g/mol. The average molecular weight is 182 g/mol. The van der Waals surface area contributed by atoms with E-state index in [1.54, 1.807) is 18.2 Å². The Bertz CT molecular complexity index is 246. The molecule has 0 unspecified atom stereocenters. The third-order valence-corrected chi connectivity index (χ3v) is 1.29. The Morgan fingerprint density at radius 3 is 2.42 bits per heavy atom. The van der Waals surface area contributed by atoms with Crippen molar-refractivity contribution in [1.82, 2.24) is 0 Å². The standard InChI is InChI=1S/C6H6ClN.C4H6/c7-5-2-1-3-6(8)4-5;1-3-4-2/h1-4H,8H2;1H,4H2,2H3. The van der Waals surface area contributed by atoms with Crippen LogP contribution in [0.4, 0.5) is 5.69 Å². The van der Waals surface area contributed by atoms with Crippen molar-refractivity contribution >= 4 is 17.3 Å². The van der Waals surface area contributed by atoms with Gasteiger partial charge in [0, 0.05) is 17.1 Å². The van der Waals surface area contributed by atoms with Crippen molar-refractivity contribution in [3.63, 3.8) is 0 Å².